The maximum absolute atomic E-state index is 11.9. The molecule has 0 aliphatic rings. The number of ether oxygens (including phenoxy) is 1. The molecule has 0 amide bonds. The first-order chi connectivity index (χ1) is 10.2. The molecule has 1 aromatic heterocycles. The fraction of sp³-hybridized carbons (Fsp3) is 0.333. The van der Waals surface area contributed by atoms with Crippen LogP contribution in [-0.2, 0) is 17.6 Å². The van der Waals surface area contributed by atoms with Crippen LogP contribution in [0.2, 0.25) is 0 Å². The summed E-state index contributed by atoms with van der Waals surface area (Å²) >= 11 is 0. The van der Waals surface area contributed by atoms with Crippen molar-refractivity contribution in [2.24, 2.45) is 0 Å². The van der Waals surface area contributed by atoms with Crippen molar-refractivity contribution in [1.82, 2.24) is 4.98 Å². The average Bonchev–Trinajstić information content (AvgIpc) is 2.51. The first-order valence-electron chi connectivity index (χ1n) is 7.37. The quantitative estimate of drug-likeness (QED) is 0.599. The van der Waals surface area contributed by atoms with E-state index in [4.69, 9.17) is 4.74 Å². The van der Waals surface area contributed by atoms with Gasteiger partial charge in [-0.25, -0.2) is 4.79 Å². The Kier molecular flexibility index (Phi) is 5.50. The molecule has 0 spiro atoms. The molecule has 0 unspecified atom stereocenters. The fourth-order valence-electron chi connectivity index (χ4n) is 2.12. The van der Waals surface area contributed by atoms with E-state index in [-0.39, 0.29) is 5.97 Å². The summed E-state index contributed by atoms with van der Waals surface area (Å²) in [5, 5.41) is 0. The third kappa shape index (κ3) is 4.71. The number of carbonyl (C=O) groups is 1. The molecule has 0 saturated carbocycles. The topological polar surface area (TPSA) is 39.2 Å². The molecule has 3 heteroatoms. The second kappa shape index (κ2) is 7.58. The van der Waals surface area contributed by atoms with E-state index in [0.29, 0.717) is 12.2 Å². The Hall–Kier alpha value is -2.16. The molecule has 0 saturated heterocycles. The maximum Gasteiger partial charge on any atom is 0.338 e. The van der Waals surface area contributed by atoms with E-state index in [1.807, 2.05) is 49.4 Å². The average molecular weight is 283 g/mol. The standard InChI is InChI=1S/C18H21NO2/c1-3-15-9-11-16(12-10-15)18(20)21-13-5-8-17-7-4-6-14(2)19-17/h4,6-7,9-12H,3,5,8,13H2,1-2H3. The zero-order chi connectivity index (χ0) is 15.1. The summed E-state index contributed by atoms with van der Waals surface area (Å²) in [5.41, 5.74) is 3.89. The van der Waals surface area contributed by atoms with E-state index in [2.05, 4.69) is 11.9 Å². The smallest absolute Gasteiger partial charge is 0.338 e. The van der Waals surface area contributed by atoms with Crippen LogP contribution in [0.25, 0.3) is 0 Å². The van der Waals surface area contributed by atoms with Gasteiger partial charge in [-0.15, -0.1) is 0 Å². The van der Waals surface area contributed by atoms with Crippen molar-refractivity contribution in [3.05, 3.63) is 65.0 Å². The van der Waals surface area contributed by atoms with Gasteiger partial charge < -0.3 is 4.74 Å². The lowest BCUT2D eigenvalue weighted by Gasteiger charge is -2.06. The number of esters is 1. The minimum atomic E-state index is -0.255. The lowest BCUT2D eigenvalue weighted by atomic mass is 10.1. The molecule has 0 bridgehead atoms. The Balaban J connectivity index is 1.76. The van der Waals surface area contributed by atoms with Crippen molar-refractivity contribution in [2.45, 2.75) is 33.1 Å². The highest BCUT2D eigenvalue weighted by molar-refractivity contribution is 5.89. The number of aryl methyl sites for hydroxylation is 3. The van der Waals surface area contributed by atoms with Crippen molar-refractivity contribution in [1.29, 1.82) is 0 Å². The molecule has 3 nitrogen and oxygen atoms in total. The van der Waals surface area contributed by atoms with Crippen LogP contribution in [0.15, 0.2) is 42.5 Å². The highest BCUT2D eigenvalue weighted by Crippen LogP contribution is 2.07. The molecule has 1 heterocycles. The Morgan fingerprint density at radius 1 is 1.14 bits per heavy atom. The minimum Gasteiger partial charge on any atom is -0.462 e. The normalized spacial score (nSPS) is 10.4. The van der Waals surface area contributed by atoms with Crippen LogP contribution in [0.3, 0.4) is 0 Å². The summed E-state index contributed by atoms with van der Waals surface area (Å²) in [5.74, 6) is -0.255. The number of rotatable bonds is 6. The lowest BCUT2D eigenvalue weighted by molar-refractivity contribution is 0.0500. The van der Waals surface area contributed by atoms with Gasteiger partial charge in [0.25, 0.3) is 0 Å². The van der Waals surface area contributed by atoms with Crippen LogP contribution in [0.1, 0.15) is 40.7 Å². The molecular weight excluding hydrogens is 262 g/mol. The Morgan fingerprint density at radius 2 is 1.90 bits per heavy atom. The van der Waals surface area contributed by atoms with E-state index in [1.54, 1.807) is 0 Å². The van der Waals surface area contributed by atoms with Crippen LogP contribution in [0.4, 0.5) is 0 Å². The molecule has 0 atom stereocenters. The summed E-state index contributed by atoms with van der Waals surface area (Å²) in [6, 6.07) is 13.5. The van der Waals surface area contributed by atoms with E-state index >= 15 is 0 Å². The van der Waals surface area contributed by atoms with Crippen LogP contribution in [0.5, 0.6) is 0 Å². The summed E-state index contributed by atoms with van der Waals surface area (Å²) in [4.78, 5) is 16.3. The molecule has 0 radical (unpaired) electrons. The molecule has 0 aliphatic heterocycles. The molecule has 110 valence electrons. The number of aromatic nitrogens is 1. The van der Waals surface area contributed by atoms with Gasteiger partial charge in [-0.3, -0.25) is 4.98 Å². The van der Waals surface area contributed by atoms with Gasteiger partial charge in [-0.05, 0) is 56.0 Å². The number of benzene rings is 1. The first-order valence-corrected chi connectivity index (χ1v) is 7.37. The van der Waals surface area contributed by atoms with Gasteiger partial charge in [0.1, 0.15) is 0 Å². The zero-order valence-electron chi connectivity index (χ0n) is 12.6. The predicted octanol–water partition coefficient (Wildman–Crippen LogP) is 3.74. The highest BCUT2D eigenvalue weighted by atomic mass is 16.5. The lowest BCUT2D eigenvalue weighted by Crippen LogP contribution is -2.07. The van der Waals surface area contributed by atoms with Crippen LogP contribution in [0, 0.1) is 6.92 Å². The van der Waals surface area contributed by atoms with Crippen molar-refractivity contribution >= 4 is 5.97 Å². The molecule has 0 aliphatic carbocycles. The monoisotopic (exact) mass is 283 g/mol. The number of carbonyl (C=O) groups excluding carboxylic acids is 1. The summed E-state index contributed by atoms with van der Waals surface area (Å²) in [6.07, 6.45) is 2.58. The fourth-order valence-corrected chi connectivity index (χ4v) is 2.12. The minimum absolute atomic E-state index is 0.255. The Morgan fingerprint density at radius 3 is 2.57 bits per heavy atom. The molecule has 0 fully saturated rings. The third-order valence-electron chi connectivity index (χ3n) is 3.35. The molecule has 1 aromatic carbocycles. The van der Waals surface area contributed by atoms with E-state index < -0.39 is 0 Å². The van der Waals surface area contributed by atoms with Crippen molar-refractivity contribution < 1.29 is 9.53 Å². The molecule has 0 N–H and O–H groups in total. The number of pyridine rings is 1. The maximum atomic E-state index is 11.9. The van der Waals surface area contributed by atoms with Gasteiger partial charge in [-0.2, -0.15) is 0 Å². The van der Waals surface area contributed by atoms with E-state index in [9.17, 15) is 4.79 Å². The second-order valence-electron chi connectivity index (χ2n) is 5.06. The van der Waals surface area contributed by atoms with E-state index in [1.165, 1.54) is 5.56 Å². The second-order valence-corrected chi connectivity index (χ2v) is 5.06. The van der Waals surface area contributed by atoms with Crippen LogP contribution < -0.4 is 0 Å². The van der Waals surface area contributed by atoms with Crippen molar-refractivity contribution in [3.63, 3.8) is 0 Å². The van der Waals surface area contributed by atoms with Crippen molar-refractivity contribution in [3.8, 4) is 0 Å². The van der Waals surface area contributed by atoms with Crippen molar-refractivity contribution in [2.75, 3.05) is 6.61 Å². The Labute approximate surface area is 126 Å². The summed E-state index contributed by atoms with van der Waals surface area (Å²) in [7, 11) is 0. The summed E-state index contributed by atoms with van der Waals surface area (Å²) < 4.78 is 5.29. The largest absolute Gasteiger partial charge is 0.462 e. The number of hydrogen-bond acceptors (Lipinski definition) is 3. The third-order valence-corrected chi connectivity index (χ3v) is 3.35. The molecule has 21 heavy (non-hydrogen) atoms. The zero-order valence-corrected chi connectivity index (χ0v) is 12.6. The van der Waals surface area contributed by atoms with E-state index in [0.717, 1.165) is 30.7 Å². The van der Waals surface area contributed by atoms with Crippen LogP contribution in [-0.4, -0.2) is 17.6 Å². The van der Waals surface area contributed by atoms with Gasteiger partial charge in [0.05, 0.1) is 12.2 Å². The Bertz CT molecular complexity index is 590. The molecule has 2 rings (SSSR count). The number of hydrogen-bond donors (Lipinski definition) is 0. The predicted molar refractivity (Wildman–Crippen MR) is 83.4 cm³/mol. The van der Waals surface area contributed by atoms with Gasteiger partial charge in [0.2, 0.25) is 0 Å². The number of nitrogens with zero attached hydrogens (tertiary/aromatic N) is 1. The van der Waals surface area contributed by atoms with Gasteiger partial charge in [0.15, 0.2) is 0 Å². The van der Waals surface area contributed by atoms with Gasteiger partial charge in [-0.1, -0.05) is 25.1 Å². The van der Waals surface area contributed by atoms with Crippen LogP contribution >= 0.6 is 0 Å². The van der Waals surface area contributed by atoms with Gasteiger partial charge in [0, 0.05) is 11.4 Å². The van der Waals surface area contributed by atoms with Gasteiger partial charge >= 0.3 is 5.97 Å². The SMILES string of the molecule is CCc1ccc(C(=O)OCCCc2cccc(C)n2)cc1. The first kappa shape index (κ1) is 15.2. The highest BCUT2D eigenvalue weighted by Gasteiger charge is 2.06. The molecule has 2 aromatic rings. The summed E-state index contributed by atoms with van der Waals surface area (Å²) in [6.45, 7) is 4.49. The molecular formula is C18H21NO2.